The van der Waals surface area contributed by atoms with Crippen LogP contribution < -0.4 is 5.73 Å². The van der Waals surface area contributed by atoms with Gasteiger partial charge in [-0.15, -0.1) is 23.2 Å². The summed E-state index contributed by atoms with van der Waals surface area (Å²) in [5.41, 5.74) is 8.97. The molecule has 1 rings (SSSR count). The van der Waals surface area contributed by atoms with E-state index in [4.69, 9.17) is 34.0 Å². The molecule has 0 spiro atoms. The number of hydrogen-bond donors (Lipinski definition) is 2. The van der Waals surface area contributed by atoms with Crippen LogP contribution >= 0.6 is 23.2 Å². The molecule has 1 atom stereocenters. The molecule has 124 valence electrons. The fourth-order valence-corrected chi connectivity index (χ4v) is 3.00. The highest BCUT2D eigenvalue weighted by molar-refractivity contribution is 6.18. The second-order valence-electron chi connectivity index (χ2n) is 5.38. The molecule has 4 nitrogen and oxygen atoms in total. The van der Waals surface area contributed by atoms with Crippen LogP contribution in [-0.2, 0) is 11.3 Å². The topological polar surface area (TPSA) is 66.6 Å². The summed E-state index contributed by atoms with van der Waals surface area (Å²) in [6.07, 6.45) is 0.0495. The Morgan fingerprint density at radius 3 is 2.45 bits per heavy atom. The summed E-state index contributed by atoms with van der Waals surface area (Å²) in [7, 11) is 0. The molecule has 3 N–H and O–H groups in total. The summed E-state index contributed by atoms with van der Waals surface area (Å²) in [4.78, 5) is 13.2. The maximum absolute atomic E-state index is 11.0. The van der Waals surface area contributed by atoms with E-state index in [9.17, 15) is 4.79 Å². The van der Waals surface area contributed by atoms with Crippen molar-refractivity contribution in [3.05, 3.63) is 34.9 Å². The SMILES string of the molecule is Cc1ccc(CN(CCCl)CCCl)cc1C(CN)CC(=O)O. The van der Waals surface area contributed by atoms with Crippen molar-refractivity contribution >= 4 is 29.2 Å². The van der Waals surface area contributed by atoms with E-state index in [0.29, 0.717) is 18.3 Å². The van der Waals surface area contributed by atoms with Crippen molar-refractivity contribution in [3.8, 4) is 0 Å². The molecule has 0 fully saturated rings. The number of aliphatic carboxylic acids is 1. The summed E-state index contributed by atoms with van der Waals surface area (Å²) < 4.78 is 0. The molecule has 1 aromatic rings. The Morgan fingerprint density at radius 1 is 1.32 bits per heavy atom. The van der Waals surface area contributed by atoms with E-state index in [2.05, 4.69) is 17.0 Å². The number of benzene rings is 1. The maximum atomic E-state index is 11.0. The van der Waals surface area contributed by atoms with E-state index < -0.39 is 5.97 Å². The standard InChI is InChI=1S/C16H24Cl2N2O2/c1-12-2-3-13(11-20(6-4-17)7-5-18)8-15(12)14(10-19)9-16(21)22/h2-3,8,14H,4-7,9-11,19H2,1H3,(H,21,22). The van der Waals surface area contributed by atoms with Crippen molar-refractivity contribution in [3.63, 3.8) is 0 Å². The third-order valence-corrected chi connectivity index (χ3v) is 4.03. The van der Waals surface area contributed by atoms with Crippen LogP contribution in [0.3, 0.4) is 0 Å². The Balaban J connectivity index is 2.94. The van der Waals surface area contributed by atoms with E-state index in [1.54, 1.807) is 0 Å². The van der Waals surface area contributed by atoms with Crippen molar-refractivity contribution in [2.75, 3.05) is 31.4 Å². The zero-order chi connectivity index (χ0) is 16.5. The van der Waals surface area contributed by atoms with Crippen LogP contribution in [0.25, 0.3) is 0 Å². The van der Waals surface area contributed by atoms with Crippen molar-refractivity contribution in [1.82, 2.24) is 4.90 Å². The van der Waals surface area contributed by atoms with Gasteiger partial charge in [0.15, 0.2) is 0 Å². The van der Waals surface area contributed by atoms with Crippen molar-refractivity contribution < 1.29 is 9.90 Å². The fourth-order valence-electron chi connectivity index (χ4n) is 2.53. The summed E-state index contributed by atoms with van der Waals surface area (Å²) in [6.45, 7) is 4.60. The average molecular weight is 347 g/mol. The van der Waals surface area contributed by atoms with Gasteiger partial charge >= 0.3 is 5.97 Å². The van der Waals surface area contributed by atoms with E-state index >= 15 is 0 Å². The predicted octanol–water partition coefficient (Wildman–Crippen LogP) is 2.79. The van der Waals surface area contributed by atoms with Gasteiger partial charge in [-0.05, 0) is 30.2 Å². The van der Waals surface area contributed by atoms with Gasteiger partial charge in [0.1, 0.15) is 0 Å². The molecule has 6 heteroatoms. The Labute approximate surface area is 142 Å². The van der Waals surface area contributed by atoms with Crippen LogP contribution in [0, 0.1) is 6.92 Å². The number of carboxylic acids is 1. The number of nitrogens with two attached hydrogens (primary N) is 1. The van der Waals surface area contributed by atoms with Crippen LogP contribution in [0.15, 0.2) is 18.2 Å². The third-order valence-electron chi connectivity index (χ3n) is 3.70. The number of carboxylic acid groups (broad SMARTS) is 1. The quantitative estimate of drug-likeness (QED) is 0.639. The number of carbonyl (C=O) groups is 1. The lowest BCUT2D eigenvalue weighted by Gasteiger charge is -2.22. The minimum atomic E-state index is -0.828. The van der Waals surface area contributed by atoms with Gasteiger partial charge in [-0.3, -0.25) is 9.69 Å². The van der Waals surface area contributed by atoms with Crippen molar-refractivity contribution in [1.29, 1.82) is 0 Å². The van der Waals surface area contributed by atoms with Crippen LogP contribution in [0.1, 0.15) is 29.0 Å². The molecule has 0 amide bonds. The highest BCUT2D eigenvalue weighted by Gasteiger charge is 2.17. The van der Waals surface area contributed by atoms with Gasteiger partial charge in [0.05, 0.1) is 6.42 Å². The lowest BCUT2D eigenvalue weighted by Crippen LogP contribution is -2.27. The van der Waals surface area contributed by atoms with E-state index in [0.717, 1.165) is 36.3 Å². The molecule has 1 unspecified atom stereocenters. The van der Waals surface area contributed by atoms with Gasteiger partial charge in [-0.2, -0.15) is 0 Å². The van der Waals surface area contributed by atoms with Gasteiger partial charge < -0.3 is 10.8 Å². The molecular weight excluding hydrogens is 323 g/mol. The zero-order valence-electron chi connectivity index (χ0n) is 12.9. The monoisotopic (exact) mass is 346 g/mol. The van der Waals surface area contributed by atoms with Gasteiger partial charge in [0.2, 0.25) is 0 Å². The first-order valence-corrected chi connectivity index (χ1v) is 8.44. The van der Waals surface area contributed by atoms with Gasteiger partial charge in [-0.25, -0.2) is 0 Å². The molecule has 0 heterocycles. The first-order chi connectivity index (χ1) is 10.5. The Hall–Kier alpha value is -0.810. The third kappa shape index (κ3) is 6.13. The molecule has 0 aromatic heterocycles. The highest BCUT2D eigenvalue weighted by Crippen LogP contribution is 2.24. The second kappa shape index (κ2) is 10.1. The van der Waals surface area contributed by atoms with Crippen molar-refractivity contribution in [2.24, 2.45) is 5.73 Å². The zero-order valence-corrected chi connectivity index (χ0v) is 14.4. The summed E-state index contributed by atoms with van der Waals surface area (Å²) in [5, 5.41) is 9.03. The normalized spacial score (nSPS) is 12.6. The van der Waals surface area contributed by atoms with E-state index in [1.165, 1.54) is 0 Å². The predicted molar refractivity (Wildman–Crippen MR) is 91.9 cm³/mol. The first kappa shape index (κ1) is 19.2. The lowest BCUT2D eigenvalue weighted by atomic mass is 9.90. The van der Waals surface area contributed by atoms with Crippen LogP contribution in [-0.4, -0.2) is 47.4 Å². The summed E-state index contributed by atoms with van der Waals surface area (Å²) in [6, 6.07) is 6.14. The number of halogens is 2. The van der Waals surface area contributed by atoms with Crippen LogP contribution in [0.5, 0.6) is 0 Å². The van der Waals surface area contributed by atoms with Crippen molar-refractivity contribution in [2.45, 2.75) is 25.8 Å². The Morgan fingerprint density at radius 2 is 1.95 bits per heavy atom. The maximum Gasteiger partial charge on any atom is 0.304 e. The molecule has 22 heavy (non-hydrogen) atoms. The summed E-state index contributed by atoms with van der Waals surface area (Å²) >= 11 is 11.6. The molecule has 0 bridgehead atoms. The fraction of sp³-hybridized carbons (Fsp3) is 0.562. The molecule has 0 aliphatic carbocycles. The lowest BCUT2D eigenvalue weighted by molar-refractivity contribution is -0.137. The molecule has 0 saturated heterocycles. The first-order valence-electron chi connectivity index (χ1n) is 7.37. The van der Waals surface area contributed by atoms with E-state index in [1.807, 2.05) is 13.0 Å². The van der Waals surface area contributed by atoms with Crippen LogP contribution in [0.4, 0.5) is 0 Å². The highest BCUT2D eigenvalue weighted by atomic mass is 35.5. The Bertz CT molecular complexity index is 477. The minimum Gasteiger partial charge on any atom is -0.481 e. The molecule has 0 aliphatic heterocycles. The second-order valence-corrected chi connectivity index (χ2v) is 6.13. The number of rotatable bonds is 10. The largest absolute Gasteiger partial charge is 0.481 e. The number of aryl methyl sites for hydroxylation is 1. The Kier molecular flexibility index (Phi) is 8.79. The smallest absolute Gasteiger partial charge is 0.304 e. The van der Waals surface area contributed by atoms with Gasteiger partial charge in [-0.1, -0.05) is 18.2 Å². The number of alkyl halides is 2. The molecule has 0 radical (unpaired) electrons. The summed E-state index contributed by atoms with van der Waals surface area (Å²) in [5.74, 6) is 0.123. The number of nitrogens with zero attached hydrogens (tertiary/aromatic N) is 1. The molecule has 0 saturated carbocycles. The minimum absolute atomic E-state index is 0.0495. The van der Waals surface area contributed by atoms with Crippen LogP contribution in [0.2, 0.25) is 0 Å². The number of hydrogen-bond acceptors (Lipinski definition) is 3. The van der Waals surface area contributed by atoms with E-state index in [-0.39, 0.29) is 12.3 Å². The van der Waals surface area contributed by atoms with Gasteiger partial charge in [0.25, 0.3) is 0 Å². The molecular formula is C16H24Cl2N2O2. The molecule has 0 aliphatic rings. The van der Waals surface area contributed by atoms with Gasteiger partial charge in [0, 0.05) is 37.3 Å². The molecule has 1 aromatic carbocycles. The average Bonchev–Trinajstić information content (AvgIpc) is 2.47.